The third kappa shape index (κ3) is 13.4. The lowest BCUT2D eigenvalue weighted by Gasteiger charge is -2.29. The van der Waals surface area contributed by atoms with E-state index in [-0.39, 0.29) is 6.04 Å². The number of thiol groups is 1. The molecule has 1 aromatic rings. The number of aliphatic imine (C=N–C) groups is 1. The van der Waals surface area contributed by atoms with E-state index in [0.717, 1.165) is 29.9 Å². The van der Waals surface area contributed by atoms with Gasteiger partial charge in [-0.2, -0.15) is 0 Å². The zero-order valence-electron chi connectivity index (χ0n) is 21.5. The van der Waals surface area contributed by atoms with Crippen LogP contribution < -0.4 is 15.8 Å². The van der Waals surface area contributed by atoms with Crippen molar-refractivity contribution < 1.29 is 9.53 Å². The average Bonchev–Trinajstić information content (AvgIpc) is 2.76. The Balaban J connectivity index is 0. The highest BCUT2D eigenvalue weighted by molar-refractivity contribution is 7.78. The second kappa shape index (κ2) is 19.6. The molecule has 32 heavy (non-hydrogen) atoms. The molecule has 184 valence electrons. The van der Waals surface area contributed by atoms with Crippen LogP contribution in [0.25, 0.3) is 0 Å². The maximum absolute atomic E-state index is 9.50. The molecule has 0 aromatic heterocycles. The molecule has 0 saturated heterocycles. The number of nitrogens with one attached hydrogen (secondary N) is 2. The molecule has 1 amide bonds. The number of aryl methyl sites for hydroxylation is 2. The van der Waals surface area contributed by atoms with Crippen LogP contribution >= 0.6 is 12.8 Å². The van der Waals surface area contributed by atoms with Gasteiger partial charge in [0.25, 0.3) is 0 Å². The van der Waals surface area contributed by atoms with Crippen molar-refractivity contribution in [3.63, 3.8) is 0 Å². The highest BCUT2D eigenvalue weighted by atomic mass is 32.1. The van der Waals surface area contributed by atoms with E-state index >= 15 is 0 Å². The molecule has 7 nitrogen and oxygen atoms in total. The summed E-state index contributed by atoms with van der Waals surface area (Å²) in [5.74, 6) is 0.530. The maximum Gasteiger partial charge on any atom is 0.207 e. The second-order valence-corrected chi connectivity index (χ2v) is 7.30. The average molecular weight is 468 g/mol. The normalized spacial score (nSPS) is 13.7. The van der Waals surface area contributed by atoms with Crippen molar-refractivity contribution in [2.45, 2.75) is 67.9 Å². The van der Waals surface area contributed by atoms with Crippen molar-refractivity contribution >= 4 is 30.7 Å². The standard InChI is InChI=1S/C16H24N4OS.C4H9NO.2C2H6/c1-11-6-12(2)8-13(7-11)18-16(17)14-9-20(10-21-3)5-4-15(14)19-22;1-4(2)5-3-6;2*1-2/h6-8,19,22H,4-5,9-10H2,1-3H3,(H2,17,18);3-4H,1-2H3,(H,5,6);2*1-2H3. The molecule has 4 N–H and O–H groups in total. The summed E-state index contributed by atoms with van der Waals surface area (Å²) in [6, 6.07) is 6.46. The molecule has 1 aliphatic rings. The zero-order chi connectivity index (χ0) is 25.1. The third-order valence-electron chi connectivity index (χ3n) is 4.04. The summed E-state index contributed by atoms with van der Waals surface area (Å²) in [5, 5.41) is 2.53. The quantitative estimate of drug-likeness (QED) is 0.205. The number of benzene rings is 1. The van der Waals surface area contributed by atoms with Gasteiger partial charge in [0.1, 0.15) is 5.84 Å². The van der Waals surface area contributed by atoms with E-state index in [1.165, 1.54) is 11.1 Å². The molecule has 1 aliphatic heterocycles. The molecular formula is C24H45N5O2S. The molecule has 1 heterocycles. The molecule has 0 unspecified atom stereocenters. The Morgan fingerprint density at radius 1 is 1.22 bits per heavy atom. The Labute approximate surface area is 201 Å². The number of methoxy groups -OCH3 is 1. The summed E-state index contributed by atoms with van der Waals surface area (Å²) >= 11 is 4.19. The fourth-order valence-electron chi connectivity index (χ4n) is 2.83. The molecular weight excluding hydrogens is 422 g/mol. The van der Waals surface area contributed by atoms with Crippen molar-refractivity contribution in [3.05, 3.63) is 40.6 Å². The van der Waals surface area contributed by atoms with Gasteiger partial charge < -0.3 is 20.5 Å². The van der Waals surface area contributed by atoms with Gasteiger partial charge in [0, 0.05) is 43.9 Å². The van der Waals surface area contributed by atoms with Crippen LogP contribution in [0.1, 0.15) is 59.1 Å². The number of nitrogens with zero attached hydrogens (tertiary/aromatic N) is 2. The lowest BCUT2D eigenvalue weighted by Crippen LogP contribution is -2.38. The zero-order valence-corrected chi connectivity index (χ0v) is 22.3. The van der Waals surface area contributed by atoms with Crippen molar-refractivity contribution in [3.8, 4) is 0 Å². The number of hydrogen-bond donors (Lipinski definition) is 4. The van der Waals surface area contributed by atoms with Gasteiger partial charge in [0.2, 0.25) is 6.41 Å². The predicted molar refractivity (Wildman–Crippen MR) is 141 cm³/mol. The Hall–Kier alpha value is -2.03. The minimum atomic E-state index is 0.280. The Morgan fingerprint density at radius 3 is 2.19 bits per heavy atom. The number of ether oxygens (including phenoxy) is 1. The van der Waals surface area contributed by atoms with Crippen LogP contribution in [0.2, 0.25) is 0 Å². The van der Waals surface area contributed by atoms with E-state index in [0.29, 0.717) is 25.5 Å². The second-order valence-electron chi connectivity index (χ2n) is 7.07. The minimum absolute atomic E-state index is 0.280. The third-order valence-corrected chi connectivity index (χ3v) is 4.31. The Morgan fingerprint density at radius 2 is 1.78 bits per heavy atom. The number of nitrogens with two attached hydrogens (primary N) is 1. The number of amides is 1. The summed E-state index contributed by atoms with van der Waals surface area (Å²) in [6.07, 6.45) is 1.55. The van der Waals surface area contributed by atoms with Crippen molar-refractivity contribution in [2.24, 2.45) is 10.7 Å². The predicted octanol–water partition coefficient (Wildman–Crippen LogP) is 4.48. The van der Waals surface area contributed by atoms with Gasteiger partial charge >= 0.3 is 0 Å². The molecule has 1 aromatic carbocycles. The van der Waals surface area contributed by atoms with E-state index in [4.69, 9.17) is 10.5 Å². The molecule has 0 radical (unpaired) electrons. The molecule has 0 saturated carbocycles. The molecule has 0 atom stereocenters. The summed E-state index contributed by atoms with van der Waals surface area (Å²) in [6.45, 7) is 18.1. The monoisotopic (exact) mass is 467 g/mol. The molecule has 0 aliphatic carbocycles. The number of carbonyl (C=O) groups excluding carboxylic acids is 1. The smallest absolute Gasteiger partial charge is 0.207 e. The molecule has 0 bridgehead atoms. The van der Waals surface area contributed by atoms with Crippen LogP contribution in [-0.4, -0.2) is 50.1 Å². The lowest BCUT2D eigenvalue weighted by atomic mass is 10.1. The van der Waals surface area contributed by atoms with Gasteiger partial charge in [-0.1, -0.05) is 46.6 Å². The van der Waals surface area contributed by atoms with Gasteiger partial charge in [0.05, 0.1) is 12.4 Å². The summed E-state index contributed by atoms with van der Waals surface area (Å²) in [4.78, 5) is 16.3. The highest BCUT2D eigenvalue weighted by Gasteiger charge is 2.20. The molecule has 8 heteroatoms. The number of hydrogen-bond acceptors (Lipinski definition) is 6. The van der Waals surface area contributed by atoms with Crippen LogP contribution in [0.4, 0.5) is 5.69 Å². The SMILES string of the molecule is CC.CC.CC(C)NC=O.COCN1CCC(NS)=C(C(N)=Nc2cc(C)cc(C)c2)C1. The molecule has 0 fully saturated rings. The van der Waals surface area contributed by atoms with E-state index in [2.05, 4.69) is 52.7 Å². The first-order chi connectivity index (χ1) is 15.3. The van der Waals surface area contributed by atoms with Crippen LogP contribution in [0.15, 0.2) is 34.5 Å². The number of amidine groups is 1. The molecule has 0 spiro atoms. The Bertz CT molecular complexity index is 685. The van der Waals surface area contributed by atoms with Gasteiger partial charge in [-0.3, -0.25) is 9.69 Å². The lowest BCUT2D eigenvalue weighted by molar-refractivity contribution is -0.109. The Kier molecular flexibility index (Phi) is 19.7. The molecule has 2 rings (SSSR count). The first-order valence-electron chi connectivity index (χ1n) is 11.3. The first-order valence-corrected chi connectivity index (χ1v) is 11.7. The van der Waals surface area contributed by atoms with E-state index < -0.39 is 0 Å². The van der Waals surface area contributed by atoms with Crippen LogP contribution in [-0.2, 0) is 9.53 Å². The fourth-order valence-corrected chi connectivity index (χ4v) is 3.08. The van der Waals surface area contributed by atoms with E-state index in [9.17, 15) is 4.79 Å². The summed E-state index contributed by atoms with van der Waals surface area (Å²) in [7, 11) is 1.70. The van der Waals surface area contributed by atoms with Crippen molar-refractivity contribution in [1.82, 2.24) is 14.9 Å². The van der Waals surface area contributed by atoms with Gasteiger partial charge in [-0.25, -0.2) is 4.99 Å². The van der Waals surface area contributed by atoms with Gasteiger partial charge in [-0.05, 0) is 51.0 Å². The maximum atomic E-state index is 9.50. The minimum Gasteiger partial charge on any atom is -0.383 e. The van der Waals surface area contributed by atoms with Crippen molar-refractivity contribution in [1.29, 1.82) is 0 Å². The number of rotatable bonds is 7. The largest absolute Gasteiger partial charge is 0.383 e. The first kappa shape index (κ1) is 32.2. The van der Waals surface area contributed by atoms with Crippen molar-refractivity contribution in [2.75, 3.05) is 26.9 Å². The number of carbonyl (C=O) groups is 1. The topological polar surface area (TPSA) is 92.0 Å². The summed E-state index contributed by atoms with van der Waals surface area (Å²) in [5.41, 5.74) is 11.5. The fraction of sp³-hybridized carbons (Fsp3) is 0.583. The van der Waals surface area contributed by atoms with Crippen LogP contribution in [0, 0.1) is 13.8 Å². The van der Waals surface area contributed by atoms with E-state index in [1.54, 1.807) is 7.11 Å². The van der Waals surface area contributed by atoms with E-state index in [1.807, 2.05) is 53.7 Å². The van der Waals surface area contributed by atoms with Crippen LogP contribution in [0.3, 0.4) is 0 Å². The van der Waals surface area contributed by atoms with Gasteiger partial charge in [-0.15, -0.1) is 0 Å². The highest BCUT2D eigenvalue weighted by Crippen LogP contribution is 2.21. The van der Waals surface area contributed by atoms with Crippen LogP contribution in [0.5, 0.6) is 0 Å². The van der Waals surface area contributed by atoms with Gasteiger partial charge in [0.15, 0.2) is 0 Å². The summed E-state index contributed by atoms with van der Waals surface area (Å²) < 4.78 is 8.16.